The topological polar surface area (TPSA) is 46.6 Å². The number of carbonyl (C=O) groups excluding carboxylic acids is 2. The van der Waals surface area contributed by atoms with Crippen molar-refractivity contribution in [3.05, 3.63) is 95.1 Å². The molecule has 0 N–H and O–H groups in total. The van der Waals surface area contributed by atoms with Crippen molar-refractivity contribution in [2.75, 3.05) is 12.0 Å². The minimum atomic E-state index is -0.552. The second kappa shape index (κ2) is 5.85. The van der Waals surface area contributed by atoms with E-state index in [2.05, 4.69) is 38.1 Å². The van der Waals surface area contributed by atoms with Gasteiger partial charge in [-0.15, -0.1) is 0 Å². The lowest BCUT2D eigenvalue weighted by molar-refractivity contribution is -0.124. The molecule has 1 saturated heterocycles. The third kappa shape index (κ3) is 1.96. The minimum Gasteiger partial charge on any atom is -0.497 e. The predicted molar refractivity (Wildman–Crippen MR) is 118 cm³/mol. The lowest BCUT2D eigenvalue weighted by Crippen LogP contribution is -2.59. The largest absolute Gasteiger partial charge is 0.497 e. The maximum atomic E-state index is 13.9. The Morgan fingerprint density at radius 2 is 1.06 bits per heavy atom. The number of amides is 2. The SMILES string of the molecule is COc1ccc(N2C(=O)[C@@H]3[C@@H](C2=O)C2(C)c4ccccc4C3(C)c3ccccc32)cc1. The Hall–Kier alpha value is -3.40. The van der Waals surface area contributed by atoms with Gasteiger partial charge in [0, 0.05) is 10.8 Å². The summed E-state index contributed by atoms with van der Waals surface area (Å²) < 4.78 is 5.25. The van der Waals surface area contributed by atoms with Crippen LogP contribution in [0.5, 0.6) is 5.75 Å². The summed E-state index contributed by atoms with van der Waals surface area (Å²) in [6.45, 7) is 4.29. The van der Waals surface area contributed by atoms with E-state index in [1.807, 2.05) is 24.3 Å². The Bertz CT molecular complexity index is 1140. The summed E-state index contributed by atoms with van der Waals surface area (Å²) in [5, 5.41) is 0. The molecule has 0 aromatic heterocycles. The molecule has 2 bridgehead atoms. The van der Waals surface area contributed by atoms with Crippen molar-refractivity contribution >= 4 is 17.5 Å². The van der Waals surface area contributed by atoms with Gasteiger partial charge in [0.25, 0.3) is 0 Å². The molecule has 2 amide bonds. The third-order valence-corrected chi connectivity index (χ3v) is 7.97. The maximum Gasteiger partial charge on any atom is 0.238 e. The summed E-state index contributed by atoms with van der Waals surface area (Å²) in [5.74, 6) is -0.399. The molecule has 1 aliphatic heterocycles. The minimum absolute atomic E-state index is 0.113. The molecule has 4 nitrogen and oxygen atoms in total. The van der Waals surface area contributed by atoms with Crippen molar-refractivity contribution in [3.8, 4) is 5.75 Å². The van der Waals surface area contributed by atoms with Crippen LogP contribution in [0.25, 0.3) is 0 Å². The van der Waals surface area contributed by atoms with Gasteiger partial charge >= 0.3 is 0 Å². The number of nitrogens with zero attached hydrogens (tertiary/aromatic N) is 1. The van der Waals surface area contributed by atoms with E-state index in [0.29, 0.717) is 11.4 Å². The van der Waals surface area contributed by atoms with Crippen LogP contribution < -0.4 is 9.64 Å². The first-order chi connectivity index (χ1) is 14.9. The van der Waals surface area contributed by atoms with E-state index in [4.69, 9.17) is 4.74 Å². The number of hydrogen-bond donors (Lipinski definition) is 0. The first-order valence-electron chi connectivity index (χ1n) is 10.7. The Balaban J connectivity index is 1.62. The molecule has 2 atom stereocenters. The molecule has 4 heteroatoms. The Morgan fingerprint density at radius 3 is 1.42 bits per heavy atom. The number of benzene rings is 3. The zero-order valence-electron chi connectivity index (χ0n) is 17.8. The number of methoxy groups -OCH3 is 1. The first kappa shape index (κ1) is 18.4. The average molecular weight is 409 g/mol. The highest BCUT2D eigenvalue weighted by molar-refractivity contribution is 6.24. The Kier molecular flexibility index (Phi) is 3.47. The quantitative estimate of drug-likeness (QED) is 0.588. The number of hydrogen-bond acceptors (Lipinski definition) is 3. The molecular weight excluding hydrogens is 386 g/mol. The molecule has 154 valence electrons. The summed E-state index contributed by atoms with van der Waals surface area (Å²) in [4.78, 5) is 29.3. The summed E-state index contributed by atoms with van der Waals surface area (Å²) in [6.07, 6.45) is 0. The number of anilines is 1. The third-order valence-electron chi connectivity index (χ3n) is 7.97. The van der Waals surface area contributed by atoms with Crippen molar-refractivity contribution in [2.45, 2.75) is 24.7 Å². The zero-order chi connectivity index (χ0) is 21.5. The normalized spacial score (nSPS) is 30.1. The molecule has 0 spiro atoms. The smallest absolute Gasteiger partial charge is 0.238 e. The van der Waals surface area contributed by atoms with Gasteiger partial charge in [-0.2, -0.15) is 0 Å². The second-order valence-electron chi connectivity index (χ2n) is 9.16. The van der Waals surface area contributed by atoms with Crippen LogP contribution in [0.15, 0.2) is 72.8 Å². The van der Waals surface area contributed by atoms with E-state index in [1.165, 1.54) is 4.90 Å². The van der Waals surface area contributed by atoms with Gasteiger partial charge in [-0.05, 0) is 46.5 Å². The van der Waals surface area contributed by atoms with Crippen molar-refractivity contribution < 1.29 is 14.3 Å². The molecule has 4 aliphatic rings. The highest BCUT2D eigenvalue weighted by Gasteiger charge is 2.70. The molecule has 0 unspecified atom stereocenters. The number of ether oxygens (including phenoxy) is 1. The number of carbonyl (C=O) groups is 2. The summed E-state index contributed by atoms with van der Waals surface area (Å²) >= 11 is 0. The molecule has 0 radical (unpaired) electrons. The Labute approximate surface area is 181 Å². The van der Waals surface area contributed by atoms with E-state index in [1.54, 1.807) is 31.4 Å². The van der Waals surface area contributed by atoms with Crippen molar-refractivity contribution in [1.29, 1.82) is 0 Å². The van der Waals surface area contributed by atoms with Crippen LogP contribution in [-0.2, 0) is 20.4 Å². The highest BCUT2D eigenvalue weighted by Crippen LogP contribution is 2.66. The van der Waals surface area contributed by atoms with E-state index < -0.39 is 22.7 Å². The van der Waals surface area contributed by atoms with Crippen LogP contribution in [0.4, 0.5) is 5.69 Å². The van der Waals surface area contributed by atoms with Gasteiger partial charge in [0.1, 0.15) is 5.75 Å². The number of imide groups is 1. The standard InChI is InChI=1S/C27H23NO3/c1-26-18-8-4-6-10-20(18)27(2,21-11-7-5-9-19(21)26)23-22(26)24(29)28(25(23)30)16-12-14-17(31-3)15-13-16/h4-15,22-23H,1-3H3/t22-,23-,26?,27?/m0/s1. The van der Waals surface area contributed by atoms with E-state index in [9.17, 15) is 9.59 Å². The molecule has 7 rings (SSSR count). The van der Waals surface area contributed by atoms with Gasteiger partial charge in [-0.3, -0.25) is 9.59 Å². The van der Waals surface area contributed by atoms with Crippen molar-refractivity contribution in [1.82, 2.24) is 0 Å². The van der Waals surface area contributed by atoms with Crippen LogP contribution in [0.1, 0.15) is 36.1 Å². The van der Waals surface area contributed by atoms with Gasteiger partial charge < -0.3 is 4.74 Å². The van der Waals surface area contributed by atoms with Gasteiger partial charge in [0.2, 0.25) is 11.8 Å². The fourth-order valence-corrected chi connectivity index (χ4v) is 6.56. The van der Waals surface area contributed by atoms with E-state index in [-0.39, 0.29) is 11.8 Å². The molecule has 0 saturated carbocycles. The fourth-order valence-electron chi connectivity index (χ4n) is 6.56. The van der Waals surface area contributed by atoms with Crippen LogP contribution in [0, 0.1) is 11.8 Å². The monoisotopic (exact) mass is 409 g/mol. The molecular formula is C27H23NO3. The number of rotatable bonds is 2. The van der Waals surface area contributed by atoms with Crippen molar-refractivity contribution in [2.24, 2.45) is 11.8 Å². The van der Waals surface area contributed by atoms with Gasteiger partial charge in [-0.25, -0.2) is 4.90 Å². The summed E-state index contributed by atoms with van der Waals surface area (Å²) in [6, 6.07) is 23.8. The maximum absolute atomic E-state index is 13.9. The Morgan fingerprint density at radius 1 is 0.677 bits per heavy atom. The van der Waals surface area contributed by atoms with Gasteiger partial charge in [-0.1, -0.05) is 62.4 Å². The highest BCUT2D eigenvalue weighted by atomic mass is 16.5. The molecule has 1 fully saturated rings. The molecule has 31 heavy (non-hydrogen) atoms. The lowest BCUT2D eigenvalue weighted by atomic mass is 9.42. The average Bonchev–Trinajstić information content (AvgIpc) is 3.08. The van der Waals surface area contributed by atoms with E-state index >= 15 is 0 Å². The van der Waals surface area contributed by atoms with Gasteiger partial charge in [0.15, 0.2) is 0 Å². The first-order valence-corrected chi connectivity index (χ1v) is 10.7. The molecule has 3 aromatic rings. The van der Waals surface area contributed by atoms with Crippen LogP contribution in [0.3, 0.4) is 0 Å². The second-order valence-corrected chi connectivity index (χ2v) is 9.16. The van der Waals surface area contributed by atoms with Crippen LogP contribution in [0.2, 0.25) is 0 Å². The molecule has 1 heterocycles. The van der Waals surface area contributed by atoms with Crippen LogP contribution in [-0.4, -0.2) is 18.9 Å². The summed E-state index contributed by atoms with van der Waals surface area (Å²) in [5.41, 5.74) is 4.15. The van der Waals surface area contributed by atoms with Gasteiger partial charge in [0.05, 0.1) is 24.6 Å². The molecule has 3 aliphatic carbocycles. The van der Waals surface area contributed by atoms with E-state index in [0.717, 1.165) is 22.3 Å². The van der Waals surface area contributed by atoms with Crippen LogP contribution >= 0.6 is 0 Å². The summed E-state index contributed by atoms with van der Waals surface area (Å²) in [7, 11) is 1.60. The predicted octanol–water partition coefficient (Wildman–Crippen LogP) is 4.44. The fraction of sp³-hybridized carbons (Fsp3) is 0.259. The lowest BCUT2D eigenvalue weighted by Gasteiger charge is -2.57. The molecule has 3 aromatic carbocycles. The zero-order valence-corrected chi connectivity index (χ0v) is 17.8. The van der Waals surface area contributed by atoms with Crippen molar-refractivity contribution in [3.63, 3.8) is 0 Å².